The Hall–Kier alpha value is -2.81. The van der Waals surface area contributed by atoms with E-state index in [9.17, 15) is 22.8 Å². The van der Waals surface area contributed by atoms with E-state index >= 15 is 0 Å². The number of carbonyl (C=O) groups excluding carboxylic acids is 2. The van der Waals surface area contributed by atoms with Gasteiger partial charge in [-0.25, -0.2) is 13.2 Å². The number of halogens is 4. The summed E-state index contributed by atoms with van der Waals surface area (Å²) in [4.78, 5) is 29.8. The fourth-order valence-corrected chi connectivity index (χ4v) is 3.65. The summed E-state index contributed by atoms with van der Waals surface area (Å²) in [6, 6.07) is 4.16. The van der Waals surface area contributed by atoms with E-state index < -0.39 is 23.9 Å². The van der Waals surface area contributed by atoms with Crippen molar-refractivity contribution in [1.82, 2.24) is 15.0 Å². The van der Waals surface area contributed by atoms with Crippen molar-refractivity contribution in [1.29, 1.82) is 0 Å². The lowest BCUT2D eigenvalue weighted by Gasteiger charge is -2.25. The van der Waals surface area contributed by atoms with Gasteiger partial charge < -0.3 is 14.4 Å². The van der Waals surface area contributed by atoms with Crippen LogP contribution in [0.2, 0.25) is 5.02 Å². The number of nitrogens with one attached hydrogen (secondary N) is 1. The quantitative estimate of drug-likeness (QED) is 0.588. The number of amides is 1. The van der Waals surface area contributed by atoms with Gasteiger partial charge in [-0.3, -0.25) is 9.59 Å². The van der Waals surface area contributed by atoms with E-state index in [4.69, 9.17) is 16.1 Å². The first-order valence-electron chi connectivity index (χ1n) is 9.30. The number of benzene rings is 1. The highest BCUT2D eigenvalue weighted by atomic mass is 35.5. The van der Waals surface area contributed by atoms with Crippen LogP contribution in [0.1, 0.15) is 45.6 Å². The van der Waals surface area contributed by atoms with Crippen molar-refractivity contribution < 1.29 is 27.3 Å². The standard InChI is InChI=1S/C20H17ClF3N3O3/c1-9(19(23)24)4-17(28)18-11-8-27(3-2-14(11)26-30-18)20(29)16-6-10-5-13(22)12(21)7-15(10)25-16/h5-7,9,19,25H,2-4,8H2,1H3/t9-/m0/s1. The average Bonchev–Trinajstić information content (AvgIpc) is 3.31. The minimum Gasteiger partial charge on any atom is -0.352 e. The van der Waals surface area contributed by atoms with Gasteiger partial charge in [0.25, 0.3) is 5.91 Å². The normalized spacial score (nSPS) is 14.9. The zero-order valence-electron chi connectivity index (χ0n) is 15.8. The van der Waals surface area contributed by atoms with Crippen molar-refractivity contribution in [3.63, 3.8) is 0 Å². The molecule has 3 heterocycles. The Morgan fingerprint density at radius 3 is 2.83 bits per heavy atom. The molecule has 0 saturated heterocycles. The number of Topliss-reactive ketones (excluding diaryl/α,β-unsaturated/α-hetero) is 1. The Morgan fingerprint density at radius 2 is 2.10 bits per heavy atom. The Bertz CT molecular complexity index is 1100. The predicted octanol–water partition coefficient (Wildman–Crippen LogP) is 4.62. The van der Waals surface area contributed by atoms with Gasteiger partial charge in [0.2, 0.25) is 18.0 Å². The third-order valence-corrected chi connectivity index (χ3v) is 5.50. The summed E-state index contributed by atoms with van der Waals surface area (Å²) in [7, 11) is 0. The second kappa shape index (κ2) is 7.79. The molecule has 6 nitrogen and oxygen atoms in total. The molecule has 4 rings (SSSR count). The van der Waals surface area contributed by atoms with E-state index in [1.807, 2.05) is 0 Å². The first-order chi connectivity index (χ1) is 14.2. The van der Waals surface area contributed by atoms with E-state index in [1.54, 1.807) is 0 Å². The number of fused-ring (bicyclic) bond motifs is 2. The van der Waals surface area contributed by atoms with E-state index in [2.05, 4.69) is 10.1 Å². The molecule has 0 unspecified atom stereocenters. The SMILES string of the molecule is C[C@@H](CC(=O)c1onc2c1CN(C(=O)c1cc3cc(F)c(Cl)cc3[nH]1)CC2)C(F)F. The van der Waals surface area contributed by atoms with Crippen molar-refractivity contribution in [3.8, 4) is 0 Å². The first-order valence-corrected chi connectivity index (χ1v) is 9.68. The number of H-pyrrole nitrogens is 1. The van der Waals surface area contributed by atoms with Crippen molar-refractivity contribution in [2.45, 2.75) is 32.7 Å². The number of hydrogen-bond acceptors (Lipinski definition) is 4. The lowest BCUT2D eigenvalue weighted by molar-refractivity contribution is 0.0669. The molecular formula is C20H17ClF3N3O3. The number of carbonyl (C=O) groups is 2. The summed E-state index contributed by atoms with van der Waals surface area (Å²) in [5.41, 5.74) is 1.74. The lowest BCUT2D eigenvalue weighted by Crippen LogP contribution is -2.36. The third-order valence-electron chi connectivity index (χ3n) is 5.21. The van der Waals surface area contributed by atoms with Crippen LogP contribution in [-0.2, 0) is 13.0 Å². The van der Waals surface area contributed by atoms with Crippen LogP contribution in [0.3, 0.4) is 0 Å². The lowest BCUT2D eigenvalue weighted by atomic mass is 9.98. The van der Waals surface area contributed by atoms with Crippen molar-refractivity contribution in [2.75, 3.05) is 6.54 Å². The molecule has 30 heavy (non-hydrogen) atoms. The number of ketones is 1. The van der Waals surface area contributed by atoms with Crippen LogP contribution in [0, 0.1) is 11.7 Å². The molecule has 0 fully saturated rings. The summed E-state index contributed by atoms with van der Waals surface area (Å²) < 4.78 is 44.3. The Balaban J connectivity index is 1.56. The minimum atomic E-state index is -2.62. The summed E-state index contributed by atoms with van der Waals surface area (Å²) in [6.07, 6.45) is -2.63. The number of aromatic nitrogens is 2. The van der Waals surface area contributed by atoms with Crippen LogP contribution in [0.4, 0.5) is 13.2 Å². The van der Waals surface area contributed by atoms with Gasteiger partial charge in [0, 0.05) is 41.8 Å². The maximum atomic E-state index is 13.7. The number of nitrogens with zero attached hydrogens (tertiary/aromatic N) is 2. The number of aromatic amines is 1. The molecule has 1 aliphatic heterocycles. The van der Waals surface area contributed by atoms with Crippen LogP contribution in [-0.4, -0.2) is 39.7 Å². The monoisotopic (exact) mass is 439 g/mol. The molecule has 0 saturated carbocycles. The number of rotatable bonds is 5. The molecule has 158 valence electrons. The van der Waals surface area contributed by atoms with Crippen molar-refractivity contribution >= 4 is 34.2 Å². The molecule has 1 N–H and O–H groups in total. The zero-order valence-corrected chi connectivity index (χ0v) is 16.6. The fourth-order valence-electron chi connectivity index (χ4n) is 3.49. The maximum Gasteiger partial charge on any atom is 0.270 e. The van der Waals surface area contributed by atoms with Crippen LogP contribution >= 0.6 is 11.6 Å². The highest BCUT2D eigenvalue weighted by Gasteiger charge is 2.32. The first kappa shape index (κ1) is 20.5. The molecule has 1 amide bonds. The van der Waals surface area contributed by atoms with Crippen LogP contribution < -0.4 is 0 Å². The van der Waals surface area contributed by atoms with Gasteiger partial charge in [-0.15, -0.1) is 0 Å². The smallest absolute Gasteiger partial charge is 0.270 e. The summed E-state index contributed by atoms with van der Waals surface area (Å²) in [5.74, 6) is -2.70. The Labute approximate surface area is 174 Å². The van der Waals surface area contributed by atoms with Gasteiger partial charge in [-0.05, 0) is 18.2 Å². The number of hydrogen-bond donors (Lipinski definition) is 1. The molecule has 2 aromatic heterocycles. The fraction of sp³-hybridized carbons (Fsp3) is 0.350. The largest absolute Gasteiger partial charge is 0.352 e. The van der Waals surface area contributed by atoms with Gasteiger partial charge in [-0.1, -0.05) is 23.7 Å². The highest BCUT2D eigenvalue weighted by molar-refractivity contribution is 6.31. The van der Waals surface area contributed by atoms with Crippen molar-refractivity contribution in [3.05, 3.63) is 51.8 Å². The van der Waals surface area contributed by atoms with Crippen LogP contribution in [0.15, 0.2) is 22.7 Å². The average molecular weight is 440 g/mol. The third kappa shape index (κ3) is 3.69. The number of alkyl halides is 2. The molecule has 0 aliphatic carbocycles. The topological polar surface area (TPSA) is 79.2 Å². The van der Waals surface area contributed by atoms with E-state index in [-0.39, 0.29) is 35.3 Å². The summed E-state index contributed by atoms with van der Waals surface area (Å²) >= 11 is 5.78. The van der Waals surface area contributed by atoms with E-state index in [0.29, 0.717) is 35.1 Å². The molecule has 0 bridgehead atoms. The van der Waals surface area contributed by atoms with E-state index in [0.717, 1.165) is 0 Å². The van der Waals surface area contributed by atoms with Crippen LogP contribution in [0.5, 0.6) is 0 Å². The van der Waals surface area contributed by atoms with E-state index in [1.165, 1.54) is 30.0 Å². The molecular weight excluding hydrogens is 423 g/mol. The van der Waals surface area contributed by atoms with Gasteiger partial charge in [-0.2, -0.15) is 0 Å². The maximum absolute atomic E-state index is 13.7. The molecule has 10 heteroatoms. The molecule has 1 aromatic carbocycles. The highest BCUT2D eigenvalue weighted by Crippen LogP contribution is 2.28. The van der Waals surface area contributed by atoms with Gasteiger partial charge >= 0.3 is 0 Å². The minimum absolute atomic E-state index is 0.0587. The van der Waals surface area contributed by atoms with Gasteiger partial charge in [0.05, 0.1) is 17.3 Å². The second-order valence-electron chi connectivity index (χ2n) is 7.39. The predicted molar refractivity (Wildman–Crippen MR) is 102 cm³/mol. The second-order valence-corrected chi connectivity index (χ2v) is 7.80. The van der Waals surface area contributed by atoms with Gasteiger partial charge in [0.15, 0.2) is 0 Å². The van der Waals surface area contributed by atoms with Gasteiger partial charge in [0.1, 0.15) is 11.5 Å². The molecule has 1 aliphatic rings. The molecule has 0 radical (unpaired) electrons. The van der Waals surface area contributed by atoms with Crippen molar-refractivity contribution in [2.24, 2.45) is 5.92 Å². The summed E-state index contributed by atoms with van der Waals surface area (Å²) in [5, 5.41) is 4.31. The van der Waals surface area contributed by atoms with Crippen LogP contribution in [0.25, 0.3) is 10.9 Å². The molecule has 0 spiro atoms. The molecule has 3 aromatic rings. The Morgan fingerprint density at radius 1 is 1.33 bits per heavy atom. The Kier molecular flexibility index (Phi) is 5.31. The zero-order chi connectivity index (χ0) is 21.6. The summed E-state index contributed by atoms with van der Waals surface area (Å²) in [6.45, 7) is 1.68. The molecule has 1 atom stereocenters.